The molecule has 2 aliphatic heterocycles. The maximum atomic E-state index is 13.0. The number of carbonyl (C=O) groups excluding carboxylic acids is 1. The number of amides is 1. The molecule has 0 saturated carbocycles. The number of pyridine rings is 1. The molecule has 0 bridgehead atoms. The first-order valence-electron chi connectivity index (χ1n) is 10.0. The minimum Gasteiger partial charge on any atom is -0.372 e. The summed E-state index contributed by atoms with van der Waals surface area (Å²) in [7, 11) is 0. The van der Waals surface area contributed by atoms with Gasteiger partial charge in [-0.15, -0.1) is 0 Å². The van der Waals surface area contributed by atoms with Gasteiger partial charge in [0, 0.05) is 43.7 Å². The van der Waals surface area contributed by atoms with Crippen molar-refractivity contribution in [1.29, 1.82) is 5.26 Å². The summed E-state index contributed by atoms with van der Waals surface area (Å²) in [5, 5.41) is 10.6. The largest absolute Gasteiger partial charge is 0.372 e. The van der Waals surface area contributed by atoms with E-state index >= 15 is 0 Å². The molecule has 0 N–H and O–H groups in total. The number of hydrogen-bond acceptors (Lipinski definition) is 5. The first-order valence-corrected chi connectivity index (χ1v) is 10.0. The molecule has 2 fully saturated rings. The van der Waals surface area contributed by atoms with Crippen LogP contribution in [0.4, 0.5) is 5.69 Å². The van der Waals surface area contributed by atoms with Crippen molar-refractivity contribution >= 4 is 22.5 Å². The van der Waals surface area contributed by atoms with E-state index in [-0.39, 0.29) is 24.0 Å². The van der Waals surface area contributed by atoms with Crippen LogP contribution in [0, 0.1) is 17.2 Å². The van der Waals surface area contributed by atoms with E-state index in [0.717, 1.165) is 42.5 Å². The fourth-order valence-electron chi connectivity index (χ4n) is 4.52. The summed E-state index contributed by atoms with van der Waals surface area (Å²) in [5.74, 6) is 0.300. The normalized spacial score (nSPS) is 23.6. The average molecular weight is 378 g/mol. The Morgan fingerprint density at radius 2 is 1.86 bits per heavy atom. The van der Waals surface area contributed by atoms with Crippen LogP contribution in [0.25, 0.3) is 10.9 Å². The second-order valence-corrected chi connectivity index (χ2v) is 7.91. The van der Waals surface area contributed by atoms with Crippen molar-refractivity contribution in [3.05, 3.63) is 36.0 Å². The Kier molecular flexibility index (Phi) is 5.19. The Labute approximate surface area is 165 Å². The van der Waals surface area contributed by atoms with Crippen LogP contribution in [0.2, 0.25) is 0 Å². The number of hydrogen-bond donors (Lipinski definition) is 0. The number of anilines is 1. The topological polar surface area (TPSA) is 69.5 Å². The summed E-state index contributed by atoms with van der Waals surface area (Å²) in [6.07, 6.45) is 3.45. The zero-order chi connectivity index (χ0) is 19.7. The van der Waals surface area contributed by atoms with Crippen LogP contribution in [-0.2, 0) is 9.53 Å². The quantitative estimate of drug-likeness (QED) is 0.804. The van der Waals surface area contributed by atoms with Crippen molar-refractivity contribution in [3.63, 3.8) is 0 Å². The summed E-state index contributed by atoms with van der Waals surface area (Å²) in [6.45, 7) is 6.95. The molecule has 0 spiro atoms. The number of rotatable bonds is 2. The van der Waals surface area contributed by atoms with Crippen LogP contribution in [0.15, 0.2) is 30.5 Å². The molecule has 2 aliphatic rings. The summed E-state index contributed by atoms with van der Waals surface area (Å²) in [4.78, 5) is 21.6. The number of benzene rings is 1. The van der Waals surface area contributed by atoms with Crippen molar-refractivity contribution in [2.75, 3.05) is 31.1 Å². The molecule has 2 saturated heterocycles. The van der Waals surface area contributed by atoms with Gasteiger partial charge in [-0.2, -0.15) is 5.26 Å². The molecule has 6 nitrogen and oxygen atoms in total. The third-order valence-corrected chi connectivity index (χ3v) is 5.76. The SMILES string of the molecule is CC1CN(C(=O)C2CCN(c3c(C#N)cnc4ccccc34)CC2)CC(C)O1. The molecule has 6 heteroatoms. The number of piperidine rings is 1. The highest BCUT2D eigenvalue weighted by Gasteiger charge is 2.33. The summed E-state index contributed by atoms with van der Waals surface area (Å²) in [5.41, 5.74) is 2.44. The van der Waals surface area contributed by atoms with Gasteiger partial charge in [-0.25, -0.2) is 0 Å². The van der Waals surface area contributed by atoms with Crippen LogP contribution in [0.3, 0.4) is 0 Å². The third kappa shape index (κ3) is 3.55. The molecule has 28 heavy (non-hydrogen) atoms. The predicted molar refractivity (Wildman–Crippen MR) is 108 cm³/mol. The lowest BCUT2D eigenvalue weighted by Crippen LogP contribution is -2.51. The maximum Gasteiger partial charge on any atom is 0.225 e. The van der Waals surface area contributed by atoms with Gasteiger partial charge in [0.2, 0.25) is 5.91 Å². The van der Waals surface area contributed by atoms with Crippen LogP contribution in [0.5, 0.6) is 0 Å². The number of nitrogens with zero attached hydrogens (tertiary/aromatic N) is 4. The highest BCUT2D eigenvalue weighted by molar-refractivity contribution is 5.94. The first kappa shape index (κ1) is 18.7. The van der Waals surface area contributed by atoms with Gasteiger partial charge < -0.3 is 14.5 Å². The number of morpholine rings is 1. The average Bonchev–Trinajstić information content (AvgIpc) is 2.71. The second kappa shape index (κ2) is 7.76. The third-order valence-electron chi connectivity index (χ3n) is 5.76. The number of fused-ring (bicyclic) bond motifs is 1. The van der Waals surface area contributed by atoms with E-state index < -0.39 is 0 Å². The van der Waals surface area contributed by atoms with Crippen LogP contribution >= 0.6 is 0 Å². The number of aromatic nitrogens is 1. The van der Waals surface area contributed by atoms with Gasteiger partial charge in [-0.3, -0.25) is 9.78 Å². The highest BCUT2D eigenvalue weighted by Crippen LogP contribution is 2.33. The van der Waals surface area contributed by atoms with Gasteiger partial charge in [0.15, 0.2) is 0 Å². The Hall–Kier alpha value is -2.65. The van der Waals surface area contributed by atoms with E-state index in [1.54, 1.807) is 6.20 Å². The van der Waals surface area contributed by atoms with Crippen molar-refractivity contribution < 1.29 is 9.53 Å². The molecule has 0 radical (unpaired) electrons. The lowest BCUT2D eigenvalue weighted by molar-refractivity contribution is -0.148. The van der Waals surface area contributed by atoms with Crippen molar-refractivity contribution in [1.82, 2.24) is 9.88 Å². The fourth-order valence-corrected chi connectivity index (χ4v) is 4.52. The van der Waals surface area contributed by atoms with Gasteiger partial charge >= 0.3 is 0 Å². The molecule has 2 unspecified atom stereocenters. The zero-order valence-corrected chi connectivity index (χ0v) is 16.5. The smallest absolute Gasteiger partial charge is 0.225 e. The Morgan fingerprint density at radius 1 is 1.18 bits per heavy atom. The van der Waals surface area contributed by atoms with E-state index in [4.69, 9.17) is 4.74 Å². The monoisotopic (exact) mass is 378 g/mol. The number of ether oxygens (including phenoxy) is 1. The number of carbonyl (C=O) groups is 1. The first-order chi connectivity index (χ1) is 13.6. The predicted octanol–water partition coefficient (Wildman–Crippen LogP) is 2.96. The number of para-hydroxylation sites is 1. The summed E-state index contributed by atoms with van der Waals surface area (Å²) < 4.78 is 5.76. The Bertz CT molecular complexity index is 904. The molecule has 0 aliphatic carbocycles. The lowest BCUT2D eigenvalue weighted by atomic mass is 9.93. The molecule has 146 valence electrons. The Morgan fingerprint density at radius 3 is 2.54 bits per heavy atom. The standard InChI is InChI=1S/C22H26N4O2/c1-15-13-26(14-16(2)28-15)22(27)17-7-9-25(10-8-17)21-18(11-23)12-24-20-6-4-3-5-19(20)21/h3-6,12,15-17H,7-10,13-14H2,1-2H3. The van der Waals surface area contributed by atoms with E-state index in [1.807, 2.05) is 43.0 Å². The fraction of sp³-hybridized carbons (Fsp3) is 0.500. The summed E-state index contributed by atoms with van der Waals surface area (Å²) in [6, 6.07) is 10.2. The Balaban J connectivity index is 1.50. The van der Waals surface area contributed by atoms with Crippen molar-refractivity contribution in [3.8, 4) is 6.07 Å². The van der Waals surface area contributed by atoms with E-state index in [2.05, 4.69) is 16.0 Å². The van der Waals surface area contributed by atoms with Gasteiger partial charge in [0.25, 0.3) is 0 Å². The number of nitriles is 1. The van der Waals surface area contributed by atoms with Gasteiger partial charge in [0.1, 0.15) is 6.07 Å². The van der Waals surface area contributed by atoms with Crippen molar-refractivity contribution in [2.45, 2.75) is 38.9 Å². The van der Waals surface area contributed by atoms with Gasteiger partial charge in [-0.05, 0) is 32.8 Å². The van der Waals surface area contributed by atoms with Crippen LogP contribution in [0.1, 0.15) is 32.3 Å². The van der Waals surface area contributed by atoms with E-state index in [9.17, 15) is 10.1 Å². The van der Waals surface area contributed by atoms with E-state index in [0.29, 0.717) is 18.7 Å². The minimum atomic E-state index is 0.0485. The molecule has 3 heterocycles. The molecule has 4 rings (SSSR count). The van der Waals surface area contributed by atoms with Crippen LogP contribution in [-0.4, -0.2) is 54.2 Å². The summed E-state index contributed by atoms with van der Waals surface area (Å²) >= 11 is 0. The minimum absolute atomic E-state index is 0.0485. The molecular formula is C22H26N4O2. The molecule has 2 aromatic rings. The van der Waals surface area contributed by atoms with Gasteiger partial charge in [0.05, 0.1) is 29.0 Å². The second-order valence-electron chi connectivity index (χ2n) is 7.91. The van der Waals surface area contributed by atoms with Crippen LogP contribution < -0.4 is 4.90 Å². The lowest BCUT2D eigenvalue weighted by Gasteiger charge is -2.40. The van der Waals surface area contributed by atoms with Crippen molar-refractivity contribution in [2.24, 2.45) is 5.92 Å². The molecule has 1 amide bonds. The molecular weight excluding hydrogens is 352 g/mol. The maximum absolute atomic E-state index is 13.0. The van der Waals surface area contributed by atoms with Gasteiger partial charge in [-0.1, -0.05) is 18.2 Å². The molecule has 1 aromatic carbocycles. The highest BCUT2D eigenvalue weighted by atomic mass is 16.5. The molecule has 1 aromatic heterocycles. The molecule has 2 atom stereocenters. The van der Waals surface area contributed by atoms with E-state index in [1.165, 1.54) is 0 Å². The zero-order valence-electron chi connectivity index (χ0n) is 16.5.